The van der Waals surface area contributed by atoms with Gasteiger partial charge in [-0.05, 0) is 18.2 Å². The van der Waals surface area contributed by atoms with Gasteiger partial charge in [0.1, 0.15) is 5.82 Å². The number of hydrogen-bond donors (Lipinski definition) is 1. The van der Waals surface area contributed by atoms with Gasteiger partial charge in [-0.15, -0.1) is 11.3 Å². The van der Waals surface area contributed by atoms with Gasteiger partial charge in [0.25, 0.3) is 0 Å². The smallest absolute Gasteiger partial charge is 0.338 e. The molecule has 0 radical (unpaired) electrons. The first-order valence-corrected chi connectivity index (χ1v) is 4.52. The van der Waals surface area contributed by atoms with Crippen LogP contribution in [0.25, 0.3) is 10.1 Å². The monoisotopic (exact) mass is 214 g/mol. The number of hydrogen-bond acceptors (Lipinski definition) is 2. The lowest BCUT2D eigenvalue weighted by molar-refractivity contribution is 0.0692. The van der Waals surface area contributed by atoms with Gasteiger partial charge in [-0.3, -0.25) is 0 Å². The summed E-state index contributed by atoms with van der Waals surface area (Å²) in [6, 6.07) is 3.54. The Labute approximate surface area is 81.4 Å². The molecule has 0 fully saturated rings. The van der Waals surface area contributed by atoms with Crippen LogP contribution < -0.4 is 0 Å². The molecule has 0 atom stereocenters. The highest BCUT2D eigenvalue weighted by Gasteiger charge is 2.15. The second-order valence-corrected chi connectivity index (χ2v) is 3.73. The van der Waals surface area contributed by atoms with E-state index in [4.69, 9.17) is 5.11 Å². The maximum atomic E-state index is 13.4. The summed E-state index contributed by atoms with van der Waals surface area (Å²) in [7, 11) is 0. The first-order chi connectivity index (χ1) is 6.59. The van der Waals surface area contributed by atoms with Crippen LogP contribution in [-0.2, 0) is 0 Å². The lowest BCUT2D eigenvalue weighted by atomic mass is 10.1. The van der Waals surface area contributed by atoms with Crippen LogP contribution in [0.1, 0.15) is 10.4 Å². The van der Waals surface area contributed by atoms with Gasteiger partial charge >= 0.3 is 5.97 Å². The predicted octanol–water partition coefficient (Wildman–Crippen LogP) is 2.88. The Morgan fingerprint density at radius 3 is 2.71 bits per heavy atom. The highest BCUT2D eigenvalue weighted by Crippen LogP contribution is 2.28. The van der Waals surface area contributed by atoms with Crippen molar-refractivity contribution in [3.05, 3.63) is 34.7 Å². The summed E-state index contributed by atoms with van der Waals surface area (Å²) in [4.78, 5) is 10.5. The van der Waals surface area contributed by atoms with Crippen LogP contribution in [0.5, 0.6) is 0 Å². The summed E-state index contributed by atoms with van der Waals surface area (Å²) in [5.41, 5.74) is -0.435. The molecular weight excluding hydrogens is 210 g/mol. The zero-order chi connectivity index (χ0) is 10.3. The maximum absolute atomic E-state index is 13.4. The molecule has 0 saturated carbocycles. The number of carboxylic acid groups (broad SMARTS) is 1. The molecule has 72 valence electrons. The van der Waals surface area contributed by atoms with Gasteiger partial charge in [0.15, 0.2) is 5.13 Å². The standard InChI is InChI=1S/C9H4F2O2S/c10-7-3-5-6(14-7)2-1-4(8(5)11)9(12)13/h1-3H,(H,12,13). The summed E-state index contributed by atoms with van der Waals surface area (Å²) >= 11 is 0.787. The van der Waals surface area contributed by atoms with Crippen molar-refractivity contribution < 1.29 is 18.7 Å². The quantitative estimate of drug-likeness (QED) is 0.792. The molecule has 0 aliphatic heterocycles. The zero-order valence-electron chi connectivity index (χ0n) is 6.75. The molecule has 0 aliphatic rings. The van der Waals surface area contributed by atoms with E-state index in [1.54, 1.807) is 0 Å². The van der Waals surface area contributed by atoms with Crippen LogP contribution in [0.2, 0.25) is 0 Å². The van der Waals surface area contributed by atoms with Gasteiger partial charge in [-0.2, -0.15) is 4.39 Å². The summed E-state index contributed by atoms with van der Waals surface area (Å²) in [5.74, 6) is -2.23. The fraction of sp³-hybridized carbons (Fsp3) is 0. The SMILES string of the molecule is O=C(O)c1ccc2sc(F)cc2c1F. The molecule has 0 amide bonds. The third-order valence-corrected chi connectivity index (χ3v) is 2.72. The van der Waals surface area contributed by atoms with E-state index < -0.39 is 22.5 Å². The molecule has 14 heavy (non-hydrogen) atoms. The molecule has 2 nitrogen and oxygen atoms in total. The lowest BCUT2D eigenvalue weighted by Crippen LogP contribution is -1.99. The van der Waals surface area contributed by atoms with Gasteiger partial charge in [0, 0.05) is 10.1 Å². The Kier molecular flexibility index (Phi) is 1.96. The topological polar surface area (TPSA) is 37.3 Å². The van der Waals surface area contributed by atoms with Crippen molar-refractivity contribution in [2.75, 3.05) is 0 Å². The van der Waals surface area contributed by atoms with Crippen LogP contribution in [0.15, 0.2) is 18.2 Å². The van der Waals surface area contributed by atoms with Crippen molar-refractivity contribution in [1.29, 1.82) is 0 Å². The first-order valence-electron chi connectivity index (χ1n) is 3.70. The molecule has 0 unspecified atom stereocenters. The number of rotatable bonds is 1. The van der Waals surface area contributed by atoms with Gasteiger partial charge in [-0.25, -0.2) is 9.18 Å². The van der Waals surface area contributed by atoms with Crippen LogP contribution in [-0.4, -0.2) is 11.1 Å². The third-order valence-electron chi connectivity index (χ3n) is 1.84. The molecule has 0 bridgehead atoms. The van der Waals surface area contributed by atoms with E-state index in [0.29, 0.717) is 4.70 Å². The van der Waals surface area contributed by atoms with Crippen molar-refractivity contribution in [1.82, 2.24) is 0 Å². The molecule has 0 saturated heterocycles. The van der Waals surface area contributed by atoms with Crippen molar-refractivity contribution in [2.45, 2.75) is 0 Å². The van der Waals surface area contributed by atoms with E-state index >= 15 is 0 Å². The van der Waals surface area contributed by atoms with Gasteiger partial charge in [0.05, 0.1) is 5.56 Å². The highest BCUT2D eigenvalue weighted by molar-refractivity contribution is 7.17. The Hall–Kier alpha value is -1.49. The summed E-state index contributed by atoms with van der Waals surface area (Å²) < 4.78 is 26.5. The molecular formula is C9H4F2O2S. The Balaban J connectivity index is 2.80. The highest BCUT2D eigenvalue weighted by atomic mass is 32.1. The molecule has 2 rings (SSSR count). The van der Waals surface area contributed by atoms with Crippen LogP contribution in [0.3, 0.4) is 0 Å². The molecule has 1 N–H and O–H groups in total. The Morgan fingerprint density at radius 1 is 1.36 bits per heavy atom. The predicted molar refractivity (Wildman–Crippen MR) is 48.7 cm³/mol. The van der Waals surface area contributed by atoms with E-state index in [1.807, 2.05) is 0 Å². The second kappa shape index (κ2) is 3.02. The largest absolute Gasteiger partial charge is 0.478 e. The fourth-order valence-electron chi connectivity index (χ4n) is 1.21. The summed E-state index contributed by atoms with van der Waals surface area (Å²) in [5, 5.41) is 8.10. The summed E-state index contributed by atoms with van der Waals surface area (Å²) in [6.07, 6.45) is 0. The normalized spacial score (nSPS) is 10.7. The molecule has 0 spiro atoms. The van der Waals surface area contributed by atoms with Crippen molar-refractivity contribution in [3.8, 4) is 0 Å². The second-order valence-electron chi connectivity index (χ2n) is 2.69. The number of aromatic carboxylic acids is 1. The fourth-order valence-corrected chi connectivity index (χ4v) is 1.99. The maximum Gasteiger partial charge on any atom is 0.338 e. The van der Waals surface area contributed by atoms with Crippen molar-refractivity contribution in [2.24, 2.45) is 0 Å². The Bertz CT molecular complexity index is 519. The van der Waals surface area contributed by atoms with E-state index in [0.717, 1.165) is 23.5 Å². The van der Waals surface area contributed by atoms with E-state index in [1.165, 1.54) is 6.07 Å². The lowest BCUT2D eigenvalue weighted by Gasteiger charge is -1.97. The van der Waals surface area contributed by atoms with Gasteiger partial charge in [-0.1, -0.05) is 0 Å². The first kappa shape index (κ1) is 9.08. The number of thiophene rings is 1. The van der Waals surface area contributed by atoms with Crippen molar-refractivity contribution in [3.63, 3.8) is 0 Å². The van der Waals surface area contributed by atoms with E-state index in [2.05, 4.69) is 0 Å². The summed E-state index contributed by atoms with van der Waals surface area (Å²) in [6.45, 7) is 0. The number of carbonyl (C=O) groups is 1. The molecule has 0 aliphatic carbocycles. The van der Waals surface area contributed by atoms with Crippen LogP contribution in [0.4, 0.5) is 8.78 Å². The minimum atomic E-state index is -1.35. The molecule has 1 aromatic carbocycles. The molecule has 2 aromatic rings. The minimum absolute atomic E-state index is 0.0207. The van der Waals surface area contributed by atoms with E-state index in [9.17, 15) is 13.6 Å². The van der Waals surface area contributed by atoms with Gasteiger partial charge in [0.2, 0.25) is 0 Å². The van der Waals surface area contributed by atoms with E-state index in [-0.39, 0.29) is 5.39 Å². The third kappa shape index (κ3) is 1.26. The van der Waals surface area contributed by atoms with Crippen molar-refractivity contribution >= 4 is 27.4 Å². The average molecular weight is 214 g/mol. The van der Waals surface area contributed by atoms with Crippen LogP contribution in [0, 0.1) is 10.9 Å². The molecule has 5 heteroatoms. The number of fused-ring (bicyclic) bond motifs is 1. The number of halogens is 2. The molecule has 1 aromatic heterocycles. The average Bonchev–Trinajstić information content (AvgIpc) is 2.46. The van der Waals surface area contributed by atoms with Crippen LogP contribution >= 0.6 is 11.3 Å². The Morgan fingerprint density at radius 2 is 2.07 bits per heavy atom. The minimum Gasteiger partial charge on any atom is -0.478 e. The van der Waals surface area contributed by atoms with Gasteiger partial charge < -0.3 is 5.11 Å². The number of carboxylic acids is 1. The number of benzene rings is 1. The molecule has 1 heterocycles. The zero-order valence-corrected chi connectivity index (χ0v) is 7.57.